The van der Waals surface area contributed by atoms with Gasteiger partial charge in [-0.15, -0.1) is 101 Å². The van der Waals surface area contributed by atoms with Gasteiger partial charge in [0.15, 0.2) is 0 Å². The van der Waals surface area contributed by atoms with Gasteiger partial charge < -0.3 is 24.3 Å². The molecule has 6 heterocycles. The molecule has 0 saturated heterocycles. The van der Waals surface area contributed by atoms with Crippen molar-refractivity contribution < 1.29 is 82.9 Å². The molecule has 0 bridgehead atoms. The van der Waals surface area contributed by atoms with Crippen molar-refractivity contribution in [2.24, 2.45) is 0 Å². The SMILES string of the molecule is CCC.CCC.CCC.CCC.CCC.CCC.CCC.CCC.CCC.CCC.CCC.CCC.CCn1c(-c2ccccc2O)nc2c(-c3[c-]c(-c4nccc5ccccc45)ccc3)cccc21.Oc1ccccc1-c1nc2c(-c3[c-]c(-c4nccc5ccccc45)ccc3)cccc2o1.Oc1ccccc1-c1nc2c(-c3[c-]c(-c4nccc5ccccc45)ccc3)cccc2s1.[Pt].[Pt].[Pt]. The zero-order valence-electron chi connectivity index (χ0n) is 86.1. The Labute approximate surface area is 870 Å². The number of oxazole rings is 1. The van der Waals surface area contributed by atoms with E-state index in [1.54, 1.807) is 41.7 Å². The Morgan fingerprint density at radius 3 is 0.927 bits per heavy atom. The van der Waals surface area contributed by atoms with E-state index in [9.17, 15) is 15.3 Å². The van der Waals surface area contributed by atoms with Gasteiger partial charge in [-0.05, 0) is 112 Å². The first-order chi connectivity index (χ1) is 65.3. The Kier molecular flexibility index (Phi) is 65.7. The summed E-state index contributed by atoms with van der Waals surface area (Å²) >= 11 is 1.58. The van der Waals surface area contributed by atoms with Crippen LogP contribution in [-0.4, -0.2) is 49.8 Å². The molecule has 15 heteroatoms. The van der Waals surface area contributed by atoms with Crippen LogP contribution in [0.25, 0.3) is 165 Å². The van der Waals surface area contributed by atoms with Gasteiger partial charge in [-0.25, -0.2) is 15.0 Å². The number of phenols is 3. The fourth-order valence-corrected chi connectivity index (χ4v) is 13.7. The maximum absolute atomic E-state index is 10.5. The number of pyridine rings is 3. The second-order valence-corrected chi connectivity index (χ2v) is 32.8. The van der Waals surface area contributed by atoms with Crippen molar-refractivity contribution in [1.82, 2.24) is 34.5 Å². The number of imidazole rings is 1. The number of benzene rings is 12. The largest absolute Gasteiger partial charge is 0.507 e. The molecule has 0 atom stereocenters. The van der Waals surface area contributed by atoms with Gasteiger partial charge in [0.1, 0.15) is 33.7 Å². The standard InChI is InChI=1S/C30H22N3O.C28H17N2O2.C28H17N2OS.12C3H8.3Pt/c1-2-33-26-15-8-14-24(29(26)32-30(33)25-13-5-6-16-27(25)34)21-10-7-11-22(19-21)28-23-12-4-3-9-20(23)17-18-31-28;2*31-24-13-4-3-11-23(24)28-30-27-22(12-6-14-25(27)32-28)19-8-5-9-20(17-19)26-21-10-2-1-7-18(21)15-16-29-26;12*1-3-2;;;/h3-18,34H,2H2,1H3;2*1-16,31H;12*3H2,1-2H3;;;/q3*-1;;;;;;;;;;;;;;;. The number of fused-ring (bicyclic) bond motifs is 6. The van der Waals surface area contributed by atoms with Gasteiger partial charge in [-0.1, -0.05) is 422 Å². The molecule has 137 heavy (non-hydrogen) atoms. The maximum atomic E-state index is 10.5. The molecule has 0 spiro atoms. The van der Waals surface area contributed by atoms with E-state index in [0.717, 1.165) is 155 Å². The number of nitrogens with zero attached hydrogens (tertiary/aromatic N) is 7. The Morgan fingerprint density at radius 2 is 0.562 bits per heavy atom. The maximum Gasteiger partial charge on any atom is 0.230 e. The van der Waals surface area contributed by atoms with E-state index in [2.05, 4.69) is 296 Å². The number of phenolic OH excluding ortho intramolecular Hbond substituents is 3. The van der Waals surface area contributed by atoms with Crippen molar-refractivity contribution in [2.75, 3.05) is 0 Å². The van der Waals surface area contributed by atoms with Crippen molar-refractivity contribution in [1.29, 1.82) is 0 Å². The number of aromatic nitrogens is 7. The molecule has 11 nitrogen and oxygen atoms in total. The molecule has 0 fully saturated rings. The molecule has 0 aliphatic rings. The second-order valence-electron chi connectivity index (χ2n) is 31.8. The average Bonchev–Trinajstić information content (AvgIpc) is 1.62. The summed E-state index contributed by atoms with van der Waals surface area (Å²) in [5.74, 6) is 1.75. The van der Waals surface area contributed by atoms with Crippen LogP contribution in [0.3, 0.4) is 0 Å². The minimum Gasteiger partial charge on any atom is -0.507 e. The Morgan fingerprint density at radius 1 is 0.270 bits per heavy atom. The van der Waals surface area contributed by atoms with Gasteiger partial charge in [0.25, 0.3) is 0 Å². The molecule has 0 aliphatic carbocycles. The van der Waals surface area contributed by atoms with Gasteiger partial charge in [0.05, 0.1) is 38.8 Å². The second kappa shape index (κ2) is 72.5. The summed E-state index contributed by atoms with van der Waals surface area (Å²) in [6, 6.07) is 99.8. The predicted molar refractivity (Wildman–Crippen MR) is 587 cm³/mol. The Balaban J connectivity index is 0.000000865. The van der Waals surface area contributed by atoms with Crippen LogP contribution in [-0.2, 0) is 69.7 Å². The quantitative estimate of drug-likeness (QED) is 0.113. The summed E-state index contributed by atoms with van der Waals surface area (Å²) in [7, 11) is 0. The van der Waals surface area contributed by atoms with Crippen molar-refractivity contribution in [2.45, 2.75) is 257 Å². The molecule has 18 aromatic rings. The van der Waals surface area contributed by atoms with Crippen LogP contribution in [0.15, 0.2) is 296 Å². The third-order valence-corrected chi connectivity index (χ3v) is 18.4. The van der Waals surface area contributed by atoms with Gasteiger partial charge in [0, 0.05) is 110 Å². The van der Waals surface area contributed by atoms with E-state index in [1.165, 1.54) is 77.0 Å². The number of thiazole rings is 1. The number of para-hydroxylation sites is 6. The van der Waals surface area contributed by atoms with Crippen LogP contribution in [0.1, 0.15) is 250 Å². The zero-order valence-corrected chi connectivity index (χ0v) is 93.8. The van der Waals surface area contributed by atoms with Gasteiger partial charge >= 0.3 is 0 Å². The number of hydrogen-bond donors (Lipinski definition) is 3. The molecular formula is C122H152N7O4Pt3S-3. The van der Waals surface area contributed by atoms with Crippen LogP contribution < -0.4 is 0 Å². The molecule has 3 N–H and O–H groups in total. The fraction of sp³-hybridized carbons (Fsp3) is 0.311. The molecular weight excluding hydrogens is 2240 g/mol. The van der Waals surface area contributed by atoms with E-state index in [-0.39, 0.29) is 80.4 Å². The summed E-state index contributed by atoms with van der Waals surface area (Å²) in [4.78, 5) is 28.6. The zero-order chi connectivity index (χ0) is 98.5. The summed E-state index contributed by atoms with van der Waals surface area (Å²) in [6.07, 6.45) is 20.5. The molecule has 6 aromatic heterocycles. The van der Waals surface area contributed by atoms with Gasteiger partial charge in [0.2, 0.25) is 5.89 Å². The molecule has 738 valence electrons. The van der Waals surface area contributed by atoms with Crippen LogP contribution in [0, 0.1) is 18.2 Å². The minimum absolute atomic E-state index is 0. The smallest absolute Gasteiger partial charge is 0.230 e. The van der Waals surface area contributed by atoms with Gasteiger partial charge in [-0.2, -0.15) is 0 Å². The van der Waals surface area contributed by atoms with Crippen LogP contribution >= 0.6 is 11.3 Å². The van der Waals surface area contributed by atoms with Gasteiger partial charge in [-0.3, -0.25) is 15.0 Å². The molecule has 18 rings (SSSR count). The average molecular weight is 2400 g/mol. The first-order valence-electron chi connectivity index (χ1n) is 49.0. The van der Waals surface area contributed by atoms with Crippen molar-refractivity contribution in [3.63, 3.8) is 0 Å². The molecule has 0 radical (unpaired) electrons. The van der Waals surface area contributed by atoms with E-state index in [4.69, 9.17) is 19.4 Å². The Hall–Kier alpha value is -10.8. The molecule has 12 aromatic carbocycles. The first-order valence-corrected chi connectivity index (χ1v) is 49.8. The molecule has 0 saturated carbocycles. The molecule has 0 unspecified atom stereocenters. The van der Waals surface area contributed by atoms with Crippen LogP contribution in [0.2, 0.25) is 0 Å². The Bertz CT molecular complexity index is 6000. The third-order valence-electron chi connectivity index (χ3n) is 17.4. The van der Waals surface area contributed by atoms with Crippen LogP contribution in [0.5, 0.6) is 17.2 Å². The number of hydrogen-bond acceptors (Lipinski definition) is 11. The van der Waals surface area contributed by atoms with Crippen LogP contribution in [0.4, 0.5) is 0 Å². The normalized spacial score (nSPS) is 9.64. The monoisotopic (exact) mass is 2400 g/mol. The molecule has 0 aliphatic heterocycles. The first kappa shape index (κ1) is 124. The summed E-state index contributed by atoms with van der Waals surface area (Å²) in [5.41, 5.74) is 17.6. The van der Waals surface area contributed by atoms with E-state index < -0.39 is 0 Å². The van der Waals surface area contributed by atoms with Crippen molar-refractivity contribution in [3.8, 4) is 118 Å². The minimum atomic E-state index is 0. The predicted octanol–water partition coefficient (Wildman–Crippen LogP) is 38.3. The summed E-state index contributed by atoms with van der Waals surface area (Å²) in [5, 5.41) is 38.5. The number of rotatable bonds is 10. The van der Waals surface area contributed by atoms with E-state index >= 15 is 0 Å². The summed E-state index contributed by atoms with van der Waals surface area (Å²) in [6.45, 7) is 53.8. The number of aryl methyl sites for hydroxylation is 1. The number of aromatic hydroxyl groups is 3. The summed E-state index contributed by atoms with van der Waals surface area (Å²) < 4.78 is 9.19. The van der Waals surface area contributed by atoms with E-state index in [1.807, 2.05) is 176 Å². The third kappa shape index (κ3) is 38.1. The van der Waals surface area contributed by atoms with Crippen molar-refractivity contribution in [3.05, 3.63) is 310 Å². The topological polar surface area (TPSA) is 156 Å². The molecule has 0 amide bonds. The van der Waals surface area contributed by atoms with Crippen molar-refractivity contribution >= 4 is 76.0 Å². The van der Waals surface area contributed by atoms with E-state index in [0.29, 0.717) is 17.0 Å². The fourth-order valence-electron chi connectivity index (χ4n) is 12.7.